The van der Waals surface area contributed by atoms with E-state index in [1.165, 1.54) is 5.56 Å². The lowest BCUT2D eigenvalue weighted by molar-refractivity contribution is -0.121. The topological polar surface area (TPSA) is 83.6 Å². The first-order chi connectivity index (χ1) is 8.84. The molecule has 18 heavy (non-hydrogen) atoms. The lowest BCUT2D eigenvalue weighted by Gasteiger charge is -2.03. The van der Waals surface area contributed by atoms with Gasteiger partial charge >= 0.3 is 0 Å². The van der Waals surface area contributed by atoms with Gasteiger partial charge in [0.15, 0.2) is 5.82 Å². The highest BCUT2D eigenvalue weighted by Gasteiger charge is 2.03. The first kappa shape index (κ1) is 12.2. The van der Waals surface area contributed by atoms with E-state index < -0.39 is 0 Å². The summed E-state index contributed by atoms with van der Waals surface area (Å²) in [6.45, 7) is 0.344. The van der Waals surface area contributed by atoms with Crippen molar-refractivity contribution in [3.63, 3.8) is 0 Å². The zero-order valence-corrected chi connectivity index (χ0v) is 9.97. The summed E-state index contributed by atoms with van der Waals surface area (Å²) in [5.74, 6) is 0.578. The van der Waals surface area contributed by atoms with Crippen molar-refractivity contribution in [2.24, 2.45) is 0 Å². The molecule has 0 spiro atoms. The summed E-state index contributed by atoms with van der Waals surface area (Å²) in [5, 5.41) is 15.9. The quantitative estimate of drug-likeness (QED) is 0.790. The minimum absolute atomic E-state index is 0.0160. The van der Waals surface area contributed by atoms with Crippen molar-refractivity contribution in [3.8, 4) is 0 Å². The van der Waals surface area contributed by atoms with Crippen LogP contribution in [0.5, 0.6) is 0 Å². The van der Waals surface area contributed by atoms with Crippen molar-refractivity contribution in [3.05, 3.63) is 41.7 Å². The van der Waals surface area contributed by atoms with E-state index in [0.29, 0.717) is 18.8 Å². The zero-order chi connectivity index (χ0) is 12.6. The maximum absolute atomic E-state index is 11.5. The number of benzene rings is 1. The number of hydrogen-bond donors (Lipinski definition) is 2. The van der Waals surface area contributed by atoms with Crippen LogP contribution in [-0.4, -0.2) is 26.5 Å². The number of aromatic nitrogens is 4. The largest absolute Gasteiger partial charge is 0.349 e. The molecule has 0 radical (unpaired) electrons. The monoisotopic (exact) mass is 245 g/mol. The van der Waals surface area contributed by atoms with E-state index >= 15 is 0 Å². The molecule has 1 heterocycles. The van der Waals surface area contributed by atoms with Crippen LogP contribution in [-0.2, 0) is 17.8 Å². The first-order valence-electron chi connectivity index (χ1n) is 5.88. The van der Waals surface area contributed by atoms with Crippen LogP contribution in [0.2, 0.25) is 0 Å². The molecular formula is C12H15N5O. The second-order valence-corrected chi connectivity index (χ2v) is 3.96. The highest BCUT2D eigenvalue weighted by atomic mass is 16.1. The number of nitrogens with one attached hydrogen (secondary N) is 2. The van der Waals surface area contributed by atoms with E-state index in [-0.39, 0.29) is 5.91 Å². The fraction of sp³-hybridized carbons (Fsp3) is 0.333. The van der Waals surface area contributed by atoms with Gasteiger partial charge in [0.2, 0.25) is 5.91 Å². The predicted octanol–water partition coefficient (Wildman–Crippen LogP) is 0.839. The van der Waals surface area contributed by atoms with Gasteiger partial charge in [0, 0.05) is 6.42 Å². The standard InChI is InChI=1S/C12H15N5O/c18-12(13-9-11-14-16-17-15-11)8-4-7-10-5-2-1-3-6-10/h1-3,5-6H,4,7-9H2,(H,13,18)(H,14,15,16,17). The molecule has 6 nitrogen and oxygen atoms in total. The van der Waals surface area contributed by atoms with Crippen molar-refractivity contribution in [1.82, 2.24) is 25.9 Å². The summed E-state index contributed by atoms with van der Waals surface area (Å²) >= 11 is 0. The summed E-state index contributed by atoms with van der Waals surface area (Å²) in [4.78, 5) is 11.5. The number of rotatable bonds is 6. The molecule has 0 aliphatic heterocycles. The Kier molecular flexibility index (Phi) is 4.40. The molecule has 0 aliphatic carbocycles. The second-order valence-electron chi connectivity index (χ2n) is 3.96. The van der Waals surface area contributed by atoms with Gasteiger partial charge in [-0.1, -0.05) is 30.3 Å². The molecule has 1 aromatic carbocycles. The molecule has 1 aromatic heterocycles. The van der Waals surface area contributed by atoms with E-state index in [2.05, 4.69) is 38.1 Å². The Labute approximate surface area is 105 Å². The number of H-pyrrole nitrogens is 1. The summed E-state index contributed by atoms with van der Waals surface area (Å²) in [6, 6.07) is 10.1. The van der Waals surface area contributed by atoms with E-state index in [4.69, 9.17) is 0 Å². The fourth-order valence-corrected chi connectivity index (χ4v) is 1.62. The van der Waals surface area contributed by atoms with Crippen molar-refractivity contribution in [1.29, 1.82) is 0 Å². The molecule has 0 unspecified atom stereocenters. The van der Waals surface area contributed by atoms with E-state index in [1.807, 2.05) is 18.2 Å². The number of amides is 1. The highest BCUT2D eigenvalue weighted by molar-refractivity contribution is 5.75. The molecule has 1 amide bonds. The van der Waals surface area contributed by atoms with Crippen LogP contribution in [0.25, 0.3) is 0 Å². The summed E-state index contributed by atoms with van der Waals surface area (Å²) in [6.07, 6.45) is 2.26. The molecular weight excluding hydrogens is 230 g/mol. The third kappa shape index (κ3) is 3.97. The smallest absolute Gasteiger partial charge is 0.220 e. The van der Waals surface area contributed by atoms with Crippen molar-refractivity contribution in [2.75, 3.05) is 0 Å². The Hall–Kier alpha value is -2.24. The molecule has 0 bridgehead atoms. The van der Waals surface area contributed by atoms with Gasteiger partial charge in [-0.15, -0.1) is 5.10 Å². The number of carbonyl (C=O) groups excluding carboxylic acids is 1. The van der Waals surface area contributed by atoms with Gasteiger partial charge in [-0.3, -0.25) is 4.79 Å². The van der Waals surface area contributed by atoms with Gasteiger partial charge in [-0.05, 0) is 28.8 Å². The van der Waals surface area contributed by atoms with Crippen LogP contribution < -0.4 is 5.32 Å². The molecule has 0 fully saturated rings. The lowest BCUT2D eigenvalue weighted by Crippen LogP contribution is -2.23. The third-order valence-corrected chi connectivity index (χ3v) is 2.55. The Morgan fingerprint density at radius 3 is 2.83 bits per heavy atom. The van der Waals surface area contributed by atoms with Gasteiger partial charge in [0.25, 0.3) is 0 Å². The number of carbonyl (C=O) groups is 1. The van der Waals surface area contributed by atoms with Crippen molar-refractivity contribution in [2.45, 2.75) is 25.8 Å². The van der Waals surface area contributed by atoms with Crippen LogP contribution in [0.3, 0.4) is 0 Å². The SMILES string of the molecule is O=C(CCCc1ccccc1)NCc1nnn[nH]1. The van der Waals surface area contributed by atoms with Crippen LogP contribution in [0.15, 0.2) is 30.3 Å². The Balaban J connectivity index is 1.63. The molecule has 2 rings (SSSR count). The number of nitrogens with zero attached hydrogens (tertiary/aromatic N) is 3. The summed E-state index contributed by atoms with van der Waals surface area (Å²) in [7, 11) is 0. The average molecular weight is 245 g/mol. The fourth-order valence-electron chi connectivity index (χ4n) is 1.62. The van der Waals surface area contributed by atoms with Crippen LogP contribution in [0.1, 0.15) is 24.2 Å². The molecule has 6 heteroatoms. The minimum atomic E-state index is 0.0160. The summed E-state index contributed by atoms with van der Waals surface area (Å²) in [5.41, 5.74) is 1.25. The molecule has 0 atom stereocenters. The van der Waals surface area contributed by atoms with E-state index in [1.54, 1.807) is 0 Å². The lowest BCUT2D eigenvalue weighted by atomic mass is 10.1. The van der Waals surface area contributed by atoms with Gasteiger partial charge in [0.05, 0.1) is 6.54 Å². The maximum atomic E-state index is 11.5. The molecule has 2 aromatic rings. The van der Waals surface area contributed by atoms with Gasteiger partial charge in [-0.2, -0.15) is 0 Å². The van der Waals surface area contributed by atoms with Crippen LogP contribution in [0.4, 0.5) is 0 Å². The Morgan fingerprint density at radius 2 is 2.11 bits per heavy atom. The Bertz CT molecular complexity index is 468. The second kappa shape index (κ2) is 6.48. The number of aromatic amines is 1. The normalized spacial score (nSPS) is 10.2. The third-order valence-electron chi connectivity index (χ3n) is 2.55. The summed E-state index contributed by atoms with van der Waals surface area (Å²) < 4.78 is 0. The zero-order valence-electron chi connectivity index (χ0n) is 9.97. The van der Waals surface area contributed by atoms with Gasteiger partial charge < -0.3 is 5.32 Å². The molecule has 0 aliphatic rings. The first-order valence-corrected chi connectivity index (χ1v) is 5.88. The predicted molar refractivity (Wildman–Crippen MR) is 65.4 cm³/mol. The highest BCUT2D eigenvalue weighted by Crippen LogP contribution is 2.04. The average Bonchev–Trinajstić information content (AvgIpc) is 2.91. The van der Waals surface area contributed by atoms with E-state index in [0.717, 1.165) is 12.8 Å². The number of hydrogen-bond acceptors (Lipinski definition) is 4. The maximum Gasteiger partial charge on any atom is 0.220 e. The molecule has 0 saturated heterocycles. The molecule has 0 saturated carbocycles. The van der Waals surface area contributed by atoms with Gasteiger partial charge in [-0.25, -0.2) is 5.10 Å². The molecule has 2 N–H and O–H groups in total. The number of tetrazole rings is 1. The van der Waals surface area contributed by atoms with Crippen LogP contribution in [0, 0.1) is 0 Å². The van der Waals surface area contributed by atoms with Crippen molar-refractivity contribution >= 4 is 5.91 Å². The van der Waals surface area contributed by atoms with Crippen LogP contribution >= 0.6 is 0 Å². The minimum Gasteiger partial charge on any atom is -0.349 e. The van der Waals surface area contributed by atoms with E-state index in [9.17, 15) is 4.79 Å². The van der Waals surface area contributed by atoms with Crippen molar-refractivity contribution < 1.29 is 4.79 Å². The van der Waals surface area contributed by atoms with Gasteiger partial charge in [0.1, 0.15) is 0 Å². The Morgan fingerprint density at radius 1 is 1.28 bits per heavy atom. The number of aryl methyl sites for hydroxylation is 1. The molecule has 94 valence electrons.